The lowest BCUT2D eigenvalue weighted by Crippen LogP contribution is -2.38. The number of urea groups is 1. The Labute approximate surface area is 102 Å². The standard InChI is InChI=1S/C11H22N2O4/c1-9(2)6-8-17-13(3)11(16)12-7-4-5-10(14)15/h9H,4-8H2,1-3H3,(H,12,16)(H,14,15). The van der Waals surface area contributed by atoms with E-state index in [0.717, 1.165) is 11.5 Å². The Kier molecular flexibility index (Phi) is 8.13. The van der Waals surface area contributed by atoms with Crippen LogP contribution in [0.1, 0.15) is 33.1 Å². The highest BCUT2D eigenvalue weighted by atomic mass is 16.7. The predicted octanol–water partition coefficient (Wildman–Crippen LogP) is 1.47. The number of hydrogen-bond donors (Lipinski definition) is 2. The summed E-state index contributed by atoms with van der Waals surface area (Å²) in [5, 5.41) is 12.1. The maximum atomic E-state index is 11.4. The molecule has 0 fully saturated rings. The summed E-state index contributed by atoms with van der Waals surface area (Å²) in [7, 11) is 1.53. The molecule has 2 N–H and O–H groups in total. The summed E-state index contributed by atoms with van der Waals surface area (Å²) in [5.74, 6) is -0.331. The van der Waals surface area contributed by atoms with E-state index < -0.39 is 5.97 Å². The molecule has 0 saturated heterocycles. The number of rotatable bonds is 8. The van der Waals surface area contributed by atoms with Crippen molar-refractivity contribution in [2.75, 3.05) is 20.2 Å². The second kappa shape index (κ2) is 8.81. The molecular weight excluding hydrogens is 224 g/mol. The van der Waals surface area contributed by atoms with E-state index in [0.29, 0.717) is 25.5 Å². The number of amides is 2. The molecule has 0 heterocycles. The van der Waals surface area contributed by atoms with Gasteiger partial charge >= 0.3 is 12.0 Å². The smallest absolute Gasteiger partial charge is 0.341 e. The number of nitrogens with one attached hydrogen (secondary N) is 1. The fourth-order valence-corrected chi connectivity index (χ4v) is 1.03. The lowest BCUT2D eigenvalue weighted by Gasteiger charge is -2.17. The van der Waals surface area contributed by atoms with Crippen molar-refractivity contribution in [1.29, 1.82) is 0 Å². The maximum absolute atomic E-state index is 11.4. The highest BCUT2D eigenvalue weighted by molar-refractivity contribution is 5.72. The molecule has 6 nitrogen and oxygen atoms in total. The first kappa shape index (κ1) is 15.7. The van der Waals surface area contributed by atoms with Crippen LogP contribution in [-0.4, -0.2) is 42.4 Å². The van der Waals surface area contributed by atoms with Gasteiger partial charge in [0.2, 0.25) is 0 Å². The molecule has 0 rings (SSSR count). The number of carbonyl (C=O) groups is 2. The third-order valence-electron chi connectivity index (χ3n) is 2.11. The summed E-state index contributed by atoms with van der Waals surface area (Å²) >= 11 is 0. The summed E-state index contributed by atoms with van der Waals surface area (Å²) < 4.78 is 0. The Balaban J connectivity index is 3.57. The molecule has 0 bridgehead atoms. The van der Waals surface area contributed by atoms with Gasteiger partial charge in [0, 0.05) is 20.0 Å². The Morgan fingerprint density at radius 2 is 2.06 bits per heavy atom. The van der Waals surface area contributed by atoms with Crippen molar-refractivity contribution in [3.63, 3.8) is 0 Å². The number of carboxylic acids is 1. The van der Waals surface area contributed by atoms with Crippen molar-refractivity contribution < 1.29 is 19.5 Å². The molecule has 0 saturated carbocycles. The van der Waals surface area contributed by atoms with E-state index in [1.807, 2.05) is 0 Å². The molecule has 0 aliphatic rings. The molecule has 0 radical (unpaired) electrons. The van der Waals surface area contributed by atoms with Crippen LogP contribution in [0.15, 0.2) is 0 Å². The minimum absolute atomic E-state index is 0.0538. The van der Waals surface area contributed by atoms with Gasteiger partial charge in [0.15, 0.2) is 0 Å². The van der Waals surface area contributed by atoms with Crippen LogP contribution < -0.4 is 5.32 Å². The molecule has 2 amide bonds. The second-order valence-electron chi connectivity index (χ2n) is 4.24. The van der Waals surface area contributed by atoms with Crippen LogP contribution in [0.25, 0.3) is 0 Å². The fourth-order valence-electron chi connectivity index (χ4n) is 1.03. The number of aliphatic carboxylic acids is 1. The van der Waals surface area contributed by atoms with E-state index in [1.54, 1.807) is 0 Å². The molecule has 100 valence electrons. The van der Waals surface area contributed by atoms with Crippen molar-refractivity contribution in [3.05, 3.63) is 0 Å². The zero-order chi connectivity index (χ0) is 13.3. The van der Waals surface area contributed by atoms with Crippen molar-refractivity contribution in [3.8, 4) is 0 Å². The van der Waals surface area contributed by atoms with E-state index in [4.69, 9.17) is 9.94 Å². The van der Waals surface area contributed by atoms with E-state index in [1.165, 1.54) is 7.05 Å². The lowest BCUT2D eigenvalue weighted by atomic mass is 10.1. The molecule has 0 unspecified atom stereocenters. The highest BCUT2D eigenvalue weighted by Crippen LogP contribution is 2.00. The SMILES string of the molecule is CC(C)CCON(C)C(=O)NCCCC(=O)O. The average molecular weight is 246 g/mol. The first-order valence-electron chi connectivity index (χ1n) is 5.79. The van der Waals surface area contributed by atoms with Gasteiger partial charge in [-0.2, -0.15) is 0 Å². The van der Waals surface area contributed by atoms with Crippen LogP contribution >= 0.6 is 0 Å². The third-order valence-corrected chi connectivity index (χ3v) is 2.11. The van der Waals surface area contributed by atoms with Crippen LogP contribution in [0, 0.1) is 5.92 Å². The normalized spacial score (nSPS) is 10.4. The van der Waals surface area contributed by atoms with Crippen LogP contribution in [0.5, 0.6) is 0 Å². The van der Waals surface area contributed by atoms with Gasteiger partial charge in [0.25, 0.3) is 0 Å². The Morgan fingerprint density at radius 3 is 2.59 bits per heavy atom. The number of hydrogen-bond acceptors (Lipinski definition) is 3. The van der Waals surface area contributed by atoms with Gasteiger partial charge in [-0.25, -0.2) is 9.86 Å². The minimum atomic E-state index is -0.860. The van der Waals surface area contributed by atoms with Gasteiger partial charge in [-0.15, -0.1) is 0 Å². The molecule has 6 heteroatoms. The molecule has 17 heavy (non-hydrogen) atoms. The number of carboxylic acid groups (broad SMARTS) is 1. The first-order valence-corrected chi connectivity index (χ1v) is 5.79. The van der Waals surface area contributed by atoms with E-state index in [-0.39, 0.29) is 12.5 Å². The van der Waals surface area contributed by atoms with Crippen LogP contribution in [-0.2, 0) is 9.63 Å². The molecule has 0 aromatic carbocycles. The summed E-state index contributed by atoms with van der Waals surface area (Å²) in [6.07, 6.45) is 1.36. The molecule has 0 spiro atoms. The summed E-state index contributed by atoms with van der Waals surface area (Å²) in [4.78, 5) is 26.8. The number of nitrogens with zero attached hydrogens (tertiary/aromatic N) is 1. The van der Waals surface area contributed by atoms with Crippen molar-refractivity contribution >= 4 is 12.0 Å². The fraction of sp³-hybridized carbons (Fsp3) is 0.818. The maximum Gasteiger partial charge on any atom is 0.341 e. The highest BCUT2D eigenvalue weighted by Gasteiger charge is 2.08. The first-order chi connectivity index (χ1) is 7.93. The predicted molar refractivity (Wildman–Crippen MR) is 63.4 cm³/mol. The second-order valence-corrected chi connectivity index (χ2v) is 4.24. The topological polar surface area (TPSA) is 78.9 Å². The Hall–Kier alpha value is -1.30. The third kappa shape index (κ3) is 9.62. The summed E-state index contributed by atoms with van der Waals surface area (Å²) in [5.41, 5.74) is 0. The van der Waals surface area contributed by atoms with Gasteiger partial charge in [-0.05, 0) is 18.8 Å². The molecule has 0 aliphatic heterocycles. The lowest BCUT2D eigenvalue weighted by molar-refractivity contribution is -0.137. The van der Waals surface area contributed by atoms with Crippen LogP contribution in [0.4, 0.5) is 4.79 Å². The van der Waals surface area contributed by atoms with Crippen molar-refractivity contribution in [2.24, 2.45) is 5.92 Å². The molecule has 0 aromatic heterocycles. The van der Waals surface area contributed by atoms with Gasteiger partial charge in [-0.1, -0.05) is 13.8 Å². The summed E-state index contributed by atoms with van der Waals surface area (Å²) in [6, 6.07) is -0.348. The molecule has 0 aromatic rings. The van der Waals surface area contributed by atoms with Crippen LogP contribution in [0.2, 0.25) is 0 Å². The molecule has 0 aliphatic carbocycles. The van der Waals surface area contributed by atoms with E-state index >= 15 is 0 Å². The quantitative estimate of drug-likeness (QED) is 0.502. The Bertz CT molecular complexity index is 244. The molecule has 0 atom stereocenters. The van der Waals surface area contributed by atoms with Gasteiger partial charge in [-0.3, -0.25) is 9.63 Å². The van der Waals surface area contributed by atoms with E-state index in [9.17, 15) is 9.59 Å². The van der Waals surface area contributed by atoms with Crippen LogP contribution in [0.3, 0.4) is 0 Å². The van der Waals surface area contributed by atoms with Gasteiger partial charge in [0.05, 0.1) is 6.61 Å². The number of carbonyl (C=O) groups excluding carboxylic acids is 1. The largest absolute Gasteiger partial charge is 0.481 e. The number of hydroxylamine groups is 2. The zero-order valence-electron chi connectivity index (χ0n) is 10.7. The van der Waals surface area contributed by atoms with Gasteiger partial charge < -0.3 is 10.4 Å². The Morgan fingerprint density at radius 1 is 1.41 bits per heavy atom. The minimum Gasteiger partial charge on any atom is -0.481 e. The zero-order valence-corrected chi connectivity index (χ0v) is 10.7. The monoisotopic (exact) mass is 246 g/mol. The van der Waals surface area contributed by atoms with Gasteiger partial charge in [0.1, 0.15) is 0 Å². The van der Waals surface area contributed by atoms with E-state index in [2.05, 4.69) is 19.2 Å². The van der Waals surface area contributed by atoms with Crippen molar-refractivity contribution in [2.45, 2.75) is 33.1 Å². The van der Waals surface area contributed by atoms with Crippen molar-refractivity contribution in [1.82, 2.24) is 10.4 Å². The summed E-state index contributed by atoms with van der Waals surface area (Å²) in [6.45, 7) is 4.99. The average Bonchev–Trinajstić information content (AvgIpc) is 2.23. The molecular formula is C11H22N2O4.